The quantitative estimate of drug-likeness (QED) is 0.779. The molecule has 0 aliphatic heterocycles. The first-order valence-corrected chi connectivity index (χ1v) is 4.93. The van der Waals surface area contributed by atoms with Gasteiger partial charge in [-0.05, 0) is 18.4 Å². The lowest BCUT2D eigenvalue weighted by atomic mass is 10.2. The molecule has 1 rings (SSSR count). The summed E-state index contributed by atoms with van der Waals surface area (Å²) in [6, 6.07) is 2.25. The van der Waals surface area contributed by atoms with Crippen molar-refractivity contribution in [3.63, 3.8) is 0 Å². The molecule has 1 aromatic rings. The minimum Gasteiger partial charge on any atom is -0.478 e. The maximum absolute atomic E-state index is 12.9. The number of carbonyl (C=O) groups is 1. The van der Waals surface area contributed by atoms with E-state index in [1.54, 1.807) is 6.26 Å². The Labute approximate surface area is 83.7 Å². The molecule has 0 saturated heterocycles. The Morgan fingerprint density at radius 1 is 1.62 bits per heavy atom. The van der Waals surface area contributed by atoms with E-state index in [1.807, 2.05) is 0 Å². The van der Waals surface area contributed by atoms with E-state index in [4.69, 9.17) is 16.7 Å². The molecule has 70 valence electrons. The van der Waals surface area contributed by atoms with Crippen LogP contribution in [0.1, 0.15) is 10.4 Å². The van der Waals surface area contributed by atoms with Crippen molar-refractivity contribution in [1.29, 1.82) is 0 Å². The summed E-state index contributed by atoms with van der Waals surface area (Å²) in [6.45, 7) is 0. The minimum atomic E-state index is -1.11. The third-order valence-corrected chi connectivity index (χ3v) is 2.80. The molecule has 1 N–H and O–H groups in total. The van der Waals surface area contributed by atoms with E-state index in [0.29, 0.717) is 0 Å². The molecule has 0 spiro atoms. The number of benzene rings is 1. The fraction of sp³-hybridized carbons (Fsp3) is 0.125. The van der Waals surface area contributed by atoms with Gasteiger partial charge in [-0.3, -0.25) is 0 Å². The number of thioether (sulfide) groups is 1. The van der Waals surface area contributed by atoms with Crippen molar-refractivity contribution in [3.05, 3.63) is 28.5 Å². The Bertz CT molecular complexity index is 354. The molecule has 0 unspecified atom stereocenters. The number of aromatic carboxylic acids is 1. The van der Waals surface area contributed by atoms with E-state index < -0.39 is 11.8 Å². The molecular weight excluding hydrogens is 215 g/mol. The molecule has 0 aromatic heterocycles. The Morgan fingerprint density at radius 3 is 2.69 bits per heavy atom. The molecule has 0 radical (unpaired) electrons. The third kappa shape index (κ3) is 1.95. The van der Waals surface area contributed by atoms with Gasteiger partial charge in [0.05, 0.1) is 10.6 Å². The smallest absolute Gasteiger partial charge is 0.336 e. The highest BCUT2D eigenvalue weighted by atomic mass is 35.5. The second kappa shape index (κ2) is 3.98. The van der Waals surface area contributed by atoms with Crippen LogP contribution in [0, 0.1) is 5.82 Å². The van der Waals surface area contributed by atoms with Crippen LogP contribution in [0.4, 0.5) is 4.39 Å². The molecule has 5 heteroatoms. The van der Waals surface area contributed by atoms with Gasteiger partial charge >= 0.3 is 5.97 Å². The summed E-state index contributed by atoms with van der Waals surface area (Å²) >= 11 is 6.70. The summed E-state index contributed by atoms with van der Waals surface area (Å²) in [5.41, 5.74) is 0.0268. The third-order valence-electron chi connectivity index (χ3n) is 1.48. The average molecular weight is 221 g/mol. The summed E-state index contributed by atoms with van der Waals surface area (Å²) in [6.07, 6.45) is 1.65. The minimum absolute atomic E-state index is 0.0268. The van der Waals surface area contributed by atoms with Crippen molar-refractivity contribution in [2.24, 2.45) is 0 Å². The summed E-state index contributed by atoms with van der Waals surface area (Å²) in [4.78, 5) is 10.9. The Kier molecular flexibility index (Phi) is 3.17. The molecule has 13 heavy (non-hydrogen) atoms. The maximum Gasteiger partial charge on any atom is 0.336 e. The van der Waals surface area contributed by atoms with E-state index in [9.17, 15) is 9.18 Å². The normalized spacial score (nSPS) is 10.1. The van der Waals surface area contributed by atoms with Crippen molar-refractivity contribution >= 4 is 29.3 Å². The van der Waals surface area contributed by atoms with E-state index in [2.05, 4.69) is 0 Å². The van der Waals surface area contributed by atoms with Crippen LogP contribution < -0.4 is 0 Å². The molecule has 0 saturated carbocycles. The highest BCUT2D eigenvalue weighted by Gasteiger charge is 2.15. The summed E-state index contributed by atoms with van der Waals surface area (Å²) in [5, 5.41) is 8.59. The second-order valence-electron chi connectivity index (χ2n) is 2.25. The Morgan fingerprint density at radius 2 is 2.23 bits per heavy atom. The van der Waals surface area contributed by atoms with Gasteiger partial charge in [0.2, 0.25) is 0 Å². The average Bonchev–Trinajstić information content (AvgIpc) is 2.09. The van der Waals surface area contributed by atoms with E-state index in [0.717, 1.165) is 17.8 Å². The highest BCUT2D eigenvalue weighted by Crippen LogP contribution is 2.31. The van der Waals surface area contributed by atoms with Gasteiger partial charge in [0.1, 0.15) is 5.82 Å². The number of hydrogen-bond donors (Lipinski definition) is 1. The number of carboxylic acid groups (broad SMARTS) is 1. The van der Waals surface area contributed by atoms with Gasteiger partial charge < -0.3 is 5.11 Å². The highest BCUT2D eigenvalue weighted by molar-refractivity contribution is 7.98. The van der Waals surface area contributed by atoms with Gasteiger partial charge in [-0.2, -0.15) is 0 Å². The molecular formula is C8H6ClFO2S. The lowest BCUT2D eigenvalue weighted by Gasteiger charge is -2.05. The SMILES string of the molecule is CSc1c(C(=O)O)ccc(F)c1Cl. The number of rotatable bonds is 2. The van der Waals surface area contributed by atoms with Crippen LogP contribution in [0.3, 0.4) is 0 Å². The first-order valence-electron chi connectivity index (χ1n) is 3.33. The molecule has 2 nitrogen and oxygen atoms in total. The molecule has 0 aliphatic rings. The topological polar surface area (TPSA) is 37.3 Å². The lowest BCUT2D eigenvalue weighted by molar-refractivity contribution is 0.0693. The van der Waals surface area contributed by atoms with Crippen LogP contribution in [0.15, 0.2) is 17.0 Å². The number of carboxylic acids is 1. The van der Waals surface area contributed by atoms with E-state index in [1.165, 1.54) is 6.07 Å². The van der Waals surface area contributed by atoms with Crippen LogP contribution >= 0.6 is 23.4 Å². The van der Waals surface area contributed by atoms with Crippen molar-refractivity contribution < 1.29 is 14.3 Å². The fourth-order valence-corrected chi connectivity index (χ4v) is 1.95. The summed E-state index contributed by atoms with van der Waals surface area (Å²) < 4.78 is 12.9. The number of halogens is 2. The zero-order valence-corrected chi connectivity index (χ0v) is 8.25. The molecule has 0 fully saturated rings. The fourth-order valence-electron chi connectivity index (χ4n) is 0.900. The zero-order valence-electron chi connectivity index (χ0n) is 6.67. The maximum atomic E-state index is 12.9. The van der Waals surface area contributed by atoms with Gasteiger partial charge in [0.15, 0.2) is 0 Å². The molecule has 0 atom stereocenters. The lowest BCUT2D eigenvalue weighted by Crippen LogP contribution is -2.00. The predicted octanol–water partition coefficient (Wildman–Crippen LogP) is 2.90. The standard InChI is InChI=1S/C8H6ClFO2S/c1-13-7-4(8(11)12)2-3-5(10)6(7)9/h2-3H,1H3,(H,11,12). The van der Waals surface area contributed by atoms with Gasteiger partial charge in [0.25, 0.3) is 0 Å². The van der Waals surface area contributed by atoms with Crippen molar-refractivity contribution in [2.75, 3.05) is 6.26 Å². The van der Waals surface area contributed by atoms with E-state index in [-0.39, 0.29) is 15.5 Å². The Hall–Kier alpha value is -0.740. The number of hydrogen-bond acceptors (Lipinski definition) is 2. The van der Waals surface area contributed by atoms with Gasteiger partial charge in [-0.15, -0.1) is 11.8 Å². The first-order chi connectivity index (χ1) is 6.07. The molecule has 0 bridgehead atoms. The van der Waals surface area contributed by atoms with Gasteiger partial charge in [-0.1, -0.05) is 11.6 Å². The van der Waals surface area contributed by atoms with Gasteiger partial charge in [0, 0.05) is 4.90 Å². The Balaban J connectivity index is 3.38. The monoisotopic (exact) mass is 220 g/mol. The van der Waals surface area contributed by atoms with Crippen LogP contribution in [0.5, 0.6) is 0 Å². The van der Waals surface area contributed by atoms with Crippen LogP contribution in [0.2, 0.25) is 5.02 Å². The zero-order chi connectivity index (χ0) is 10.0. The predicted molar refractivity (Wildman–Crippen MR) is 50.2 cm³/mol. The van der Waals surface area contributed by atoms with Gasteiger partial charge in [-0.25, -0.2) is 9.18 Å². The van der Waals surface area contributed by atoms with Crippen molar-refractivity contribution in [2.45, 2.75) is 4.90 Å². The van der Waals surface area contributed by atoms with Crippen LogP contribution in [-0.4, -0.2) is 17.3 Å². The first kappa shape index (κ1) is 10.3. The summed E-state index contributed by atoms with van der Waals surface area (Å²) in [5.74, 6) is -1.71. The summed E-state index contributed by atoms with van der Waals surface area (Å²) in [7, 11) is 0. The van der Waals surface area contributed by atoms with E-state index >= 15 is 0 Å². The largest absolute Gasteiger partial charge is 0.478 e. The van der Waals surface area contributed by atoms with Crippen molar-refractivity contribution in [1.82, 2.24) is 0 Å². The van der Waals surface area contributed by atoms with Crippen LogP contribution in [0.25, 0.3) is 0 Å². The van der Waals surface area contributed by atoms with Crippen molar-refractivity contribution in [3.8, 4) is 0 Å². The molecule has 0 heterocycles. The molecule has 0 aliphatic carbocycles. The molecule has 0 amide bonds. The second-order valence-corrected chi connectivity index (χ2v) is 3.44. The van der Waals surface area contributed by atoms with Crippen LogP contribution in [-0.2, 0) is 0 Å². The molecule has 1 aromatic carbocycles.